The molecule has 2 aromatic rings. The number of hydrogen-bond donors (Lipinski definition) is 2. The molecule has 2 aliphatic rings. The smallest absolute Gasteiger partial charge is 0.162 e. The number of nitrogens with zero attached hydrogens (tertiary/aromatic N) is 2. The van der Waals surface area contributed by atoms with E-state index in [1.165, 1.54) is 12.8 Å². The minimum atomic E-state index is 0.538. The molecule has 4 rings (SSSR count). The number of fused-ring (bicyclic) bond motifs is 1. The fourth-order valence-electron chi connectivity index (χ4n) is 2.44. The molecule has 108 valence electrons. The average molecular weight is 284 g/mol. The average Bonchev–Trinajstić information content (AvgIpc) is 3.39. The standard InChI is InChI=1S/C15H16N4O2/c16-19-14-8-11(9-1-2-9)17-15(18-14)10-3-4-12-13(7-10)21-6-5-20-12/h3-4,7-9H,1-2,5-6,16H2,(H,17,18,19). The van der Waals surface area contributed by atoms with Gasteiger partial charge in [0.05, 0.1) is 0 Å². The first-order valence-corrected chi connectivity index (χ1v) is 7.09. The summed E-state index contributed by atoms with van der Waals surface area (Å²) in [6.45, 7) is 1.15. The molecule has 1 aliphatic carbocycles. The highest BCUT2D eigenvalue weighted by Gasteiger charge is 2.26. The van der Waals surface area contributed by atoms with Crippen molar-refractivity contribution in [1.29, 1.82) is 0 Å². The van der Waals surface area contributed by atoms with Gasteiger partial charge in [0.15, 0.2) is 17.3 Å². The van der Waals surface area contributed by atoms with E-state index in [-0.39, 0.29) is 0 Å². The van der Waals surface area contributed by atoms with E-state index in [0.29, 0.717) is 30.8 Å². The third-order valence-electron chi connectivity index (χ3n) is 3.69. The second-order valence-corrected chi connectivity index (χ2v) is 5.28. The molecule has 1 aliphatic heterocycles. The molecule has 0 bridgehead atoms. The second kappa shape index (κ2) is 4.89. The van der Waals surface area contributed by atoms with E-state index in [1.807, 2.05) is 24.3 Å². The van der Waals surface area contributed by atoms with Crippen LogP contribution in [0.3, 0.4) is 0 Å². The predicted octanol–water partition coefficient (Wildman–Crippen LogP) is 2.08. The van der Waals surface area contributed by atoms with Crippen molar-refractivity contribution in [2.45, 2.75) is 18.8 Å². The molecule has 0 saturated heterocycles. The molecule has 21 heavy (non-hydrogen) atoms. The fraction of sp³-hybridized carbons (Fsp3) is 0.333. The lowest BCUT2D eigenvalue weighted by atomic mass is 10.1. The summed E-state index contributed by atoms with van der Waals surface area (Å²) in [4.78, 5) is 9.10. The first kappa shape index (κ1) is 12.4. The van der Waals surface area contributed by atoms with Crippen molar-refractivity contribution in [2.24, 2.45) is 5.84 Å². The van der Waals surface area contributed by atoms with E-state index in [2.05, 4.69) is 15.4 Å². The highest BCUT2D eigenvalue weighted by atomic mass is 16.6. The van der Waals surface area contributed by atoms with Gasteiger partial charge in [0, 0.05) is 23.2 Å². The number of benzene rings is 1. The number of nitrogens with one attached hydrogen (secondary N) is 1. The highest BCUT2D eigenvalue weighted by Crippen LogP contribution is 2.40. The van der Waals surface area contributed by atoms with Crippen LogP contribution in [0.4, 0.5) is 5.82 Å². The zero-order valence-corrected chi connectivity index (χ0v) is 11.5. The molecule has 1 aromatic carbocycles. The highest BCUT2D eigenvalue weighted by molar-refractivity contribution is 5.63. The maximum absolute atomic E-state index is 5.61. The maximum Gasteiger partial charge on any atom is 0.162 e. The van der Waals surface area contributed by atoms with Gasteiger partial charge in [0.25, 0.3) is 0 Å². The normalized spacial score (nSPS) is 16.6. The molecule has 0 atom stereocenters. The largest absolute Gasteiger partial charge is 0.486 e. The third-order valence-corrected chi connectivity index (χ3v) is 3.69. The Bertz CT molecular complexity index is 685. The molecule has 3 N–H and O–H groups in total. The van der Waals surface area contributed by atoms with Crippen LogP contribution in [-0.4, -0.2) is 23.2 Å². The topological polar surface area (TPSA) is 82.3 Å². The fourth-order valence-corrected chi connectivity index (χ4v) is 2.44. The van der Waals surface area contributed by atoms with Gasteiger partial charge in [0.2, 0.25) is 0 Å². The van der Waals surface area contributed by atoms with E-state index in [4.69, 9.17) is 15.3 Å². The Labute approximate surface area is 122 Å². The molecule has 0 radical (unpaired) electrons. The van der Waals surface area contributed by atoms with Gasteiger partial charge in [-0.3, -0.25) is 0 Å². The Morgan fingerprint density at radius 3 is 2.62 bits per heavy atom. The summed E-state index contributed by atoms with van der Waals surface area (Å²) in [6.07, 6.45) is 2.36. The zero-order valence-electron chi connectivity index (χ0n) is 11.5. The lowest BCUT2D eigenvalue weighted by Gasteiger charge is -2.18. The van der Waals surface area contributed by atoms with Crippen molar-refractivity contribution in [2.75, 3.05) is 18.6 Å². The summed E-state index contributed by atoms with van der Waals surface area (Å²) in [5.74, 6) is 8.84. The minimum Gasteiger partial charge on any atom is -0.486 e. The van der Waals surface area contributed by atoms with Crippen LogP contribution in [-0.2, 0) is 0 Å². The van der Waals surface area contributed by atoms with Gasteiger partial charge in [-0.25, -0.2) is 15.8 Å². The summed E-state index contributed by atoms with van der Waals surface area (Å²) < 4.78 is 11.1. The molecule has 0 spiro atoms. The third kappa shape index (κ3) is 2.38. The van der Waals surface area contributed by atoms with Crippen molar-refractivity contribution in [3.8, 4) is 22.9 Å². The number of ether oxygens (including phenoxy) is 2. The maximum atomic E-state index is 5.61. The predicted molar refractivity (Wildman–Crippen MR) is 78.2 cm³/mol. The Morgan fingerprint density at radius 2 is 1.86 bits per heavy atom. The second-order valence-electron chi connectivity index (χ2n) is 5.28. The van der Waals surface area contributed by atoms with Crippen molar-refractivity contribution < 1.29 is 9.47 Å². The van der Waals surface area contributed by atoms with Crippen molar-refractivity contribution in [1.82, 2.24) is 9.97 Å². The van der Waals surface area contributed by atoms with E-state index in [0.717, 1.165) is 22.8 Å². The Hall–Kier alpha value is -2.34. The molecule has 1 fully saturated rings. The molecule has 0 unspecified atom stereocenters. The summed E-state index contributed by atoms with van der Waals surface area (Å²) in [7, 11) is 0. The van der Waals surface area contributed by atoms with Gasteiger partial charge >= 0.3 is 0 Å². The monoisotopic (exact) mass is 284 g/mol. The van der Waals surface area contributed by atoms with Crippen LogP contribution in [0.2, 0.25) is 0 Å². The summed E-state index contributed by atoms with van der Waals surface area (Å²) in [6, 6.07) is 7.67. The van der Waals surface area contributed by atoms with Crippen molar-refractivity contribution in [3.05, 3.63) is 30.0 Å². The number of aromatic nitrogens is 2. The number of hydrazine groups is 1. The number of nitrogens with two attached hydrogens (primary N) is 1. The van der Waals surface area contributed by atoms with Crippen LogP contribution in [0.25, 0.3) is 11.4 Å². The lowest BCUT2D eigenvalue weighted by molar-refractivity contribution is 0.171. The molecule has 1 saturated carbocycles. The molecule has 6 nitrogen and oxygen atoms in total. The number of nitrogen functional groups attached to an aromatic ring is 1. The summed E-state index contributed by atoms with van der Waals surface area (Å²) >= 11 is 0. The lowest BCUT2D eigenvalue weighted by Crippen LogP contribution is -2.15. The molecule has 1 aromatic heterocycles. The Balaban J connectivity index is 1.76. The molecular formula is C15H16N4O2. The van der Waals surface area contributed by atoms with Crippen LogP contribution >= 0.6 is 0 Å². The van der Waals surface area contributed by atoms with Gasteiger partial charge in [-0.05, 0) is 31.0 Å². The number of hydrogen-bond acceptors (Lipinski definition) is 6. The number of anilines is 1. The minimum absolute atomic E-state index is 0.538. The molecular weight excluding hydrogens is 268 g/mol. The van der Waals surface area contributed by atoms with Crippen LogP contribution in [0.15, 0.2) is 24.3 Å². The Morgan fingerprint density at radius 1 is 1.05 bits per heavy atom. The van der Waals surface area contributed by atoms with Crippen LogP contribution in [0.5, 0.6) is 11.5 Å². The van der Waals surface area contributed by atoms with E-state index >= 15 is 0 Å². The van der Waals surface area contributed by atoms with Gasteiger partial charge in [0.1, 0.15) is 19.0 Å². The summed E-state index contributed by atoms with van der Waals surface area (Å²) in [5.41, 5.74) is 4.56. The van der Waals surface area contributed by atoms with E-state index < -0.39 is 0 Å². The van der Waals surface area contributed by atoms with Gasteiger partial charge in [-0.2, -0.15) is 0 Å². The van der Waals surface area contributed by atoms with Gasteiger partial charge in [-0.15, -0.1) is 0 Å². The van der Waals surface area contributed by atoms with Crippen LogP contribution in [0.1, 0.15) is 24.5 Å². The zero-order chi connectivity index (χ0) is 14.2. The Kier molecular flexibility index (Phi) is 2.89. The summed E-state index contributed by atoms with van der Waals surface area (Å²) in [5, 5.41) is 0. The van der Waals surface area contributed by atoms with Crippen molar-refractivity contribution in [3.63, 3.8) is 0 Å². The van der Waals surface area contributed by atoms with E-state index in [1.54, 1.807) is 0 Å². The van der Waals surface area contributed by atoms with Gasteiger partial charge < -0.3 is 14.9 Å². The van der Waals surface area contributed by atoms with Gasteiger partial charge in [-0.1, -0.05) is 0 Å². The molecule has 2 heterocycles. The quantitative estimate of drug-likeness (QED) is 0.663. The first-order chi connectivity index (χ1) is 10.3. The molecule has 6 heteroatoms. The van der Waals surface area contributed by atoms with Crippen LogP contribution < -0.4 is 20.7 Å². The first-order valence-electron chi connectivity index (χ1n) is 7.09. The van der Waals surface area contributed by atoms with E-state index in [9.17, 15) is 0 Å². The SMILES string of the molecule is NNc1cc(C2CC2)nc(-c2ccc3c(c2)OCCO3)n1. The van der Waals surface area contributed by atoms with Crippen molar-refractivity contribution >= 4 is 5.82 Å². The molecule has 0 amide bonds. The van der Waals surface area contributed by atoms with Crippen LogP contribution in [0, 0.1) is 0 Å². The number of rotatable bonds is 3.